The molecule has 18 rings (SSSR count). The highest BCUT2D eigenvalue weighted by Crippen LogP contribution is 2.36. The van der Waals surface area contributed by atoms with Crippen LogP contribution in [0.1, 0.15) is 64.8 Å². The summed E-state index contributed by atoms with van der Waals surface area (Å²) >= 11 is 6.13. The predicted molar refractivity (Wildman–Crippen MR) is 535 cm³/mol. The van der Waals surface area contributed by atoms with Crippen LogP contribution in [0.15, 0.2) is 382 Å². The van der Waals surface area contributed by atoms with Gasteiger partial charge in [-0.25, -0.2) is 41.3 Å². The molecule has 30 heteroatoms. The molecule has 8 heterocycles. The van der Waals surface area contributed by atoms with E-state index < -0.39 is 0 Å². The maximum atomic E-state index is 12.7. The predicted octanol–water partition coefficient (Wildman–Crippen LogP) is 16.9. The number of imidazole rings is 4. The smallest absolute Gasteiger partial charge is 0.421 e. The van der Waals surface area contributed by atoms with E-state index in [0.29, 0.717) is 17.2 Å². The van der Waals surface area contributed by atoms with Crippen LogP contribution in [0, 0.1) is 34.6 Å². The number of aromatic nitrogens is 12. The van der Waals surface area contributed by atoms with E-state index in [2.05, 4.69) is 249 Å². The quantitative estimate of drug-likeness (QED) is 0.0234. The van der Waals surface area contributed by atoms with Crippen LogP contribution in [0.2, 0.25) is 5.02 Å². The van der Waals surface area contributed by atoms with E-state index in [1.807, 2.05) is 307 Å². The summed E-state index contributed by atoms with van der Waals surface area (Å²) in [6.07, 6.45) is 17.8. The zero-order chi connectivity index (χ0) is 93.9. The van der Waals surface area contributed by atoms with Crippen LogP contribution in [0.5, 0.6) is 0 Å². The summed E-state index contributed by atoms with van der Waals surface area (Å²) in [5.41, 5.74) is 27.5. The number of benzene rings is 10. The van der Waals surface area contributed by atoms with Gasteiger partial charge in [-0.05, 0) is 308 Å². The van der Waals surface area contributed by atoms with Crippen molar-refractivity contribution in [3.8, 4) is 45.3 Å². The van der Waals surface area contributed by atoms with Gasteiger partial charge in [0.05, 0.1) is 130 Å². The number of esters is 1. The molecule has 698 valence electrons. The van der Waals surface area contributed by atoms with Gasteiger partial charge in [0.2, 0.25) is 0 Å². The van der Waals surface area contributed by atoms with Crippen molar-refractivity contribution in [2.24, 2.45) is 97.3 Å². The van der Waals surface area contributed by atoms with Gasteiger partial charge in [-0.3, -0.25) is 0 Å². The van der Waals surface area contributed by atoms with Gasteiger partial charge in [0.15, 0.2) is 0 Å². The van der Waals surface area contributed by atoms with Crippen LogP contribution in [0.4, 0.5) is 92.0 Å². The molecule has 4 N–H and O–H groups in total. The fourth-order valence-corrected chi connectivity index (χ4v) is 15.7. The van der Waals surface area contributed by atoms with E-state index in [0.717, 1.165) is 133 Å². The molecule has 18 aromatic rings. The molecule has 0 saturated heterocycles. The second-order valence-corrected chi connectivity index (χ2v) is 33.0. The molecule has 10 aromatic carbocycles. The Kier molecular flexibility index (Phi) is 34.3. The summed E-state index contributed by atoms with van der Waals surface area (Å²) < 4.78 is 29.6. The Labute approximate surface area is 822 Å². The van der Waals surface area contributed by atoms with Crippen molar-refractivity contribution in [3.05, 3.63) is 386 Å². The minimum Gasteiger partial charge on any atom is -1.00 e. The third kappa shape index (κ3) is 25.1. The number of rotatable bonds is 26. The molecular formula is C107H111Cl4N24O2+. The Morgan fingerprint density at radius 1 is 0.328 bits per heavy atom. The van der Waals surface area contributed by atoms with Crippen LogP contribution in [0.3, 0.4) is 0 Å². The Bertz CT molecular complexity index is 7050. The van der Waals surface area contributed by atoms with Crippen LogP contribution in [0.25, 0.3) is 45.3 Å². The van der Waals surface area contributed by atoms with Gasteiger partial charge < -0.3 is 81.5 Å². The van der Waals surface area contributed by atoms with Gasteiger partial charge >= 0.3 is 29.8 Å². The summed E-state index contributed by atoms with van der Waals surface area (Å²) in [7, 11) is 15.6. The van der Waals surface area contributed by atoms with Crippen LogP contribution in [-0.4, -0.2) is 49.1 Å². The molecule has 0 spiro atoms. The number of hydrogen-bond acceptors (Lipinski definition) is 14. The zero-order valence-electron chi connectivity index (χ0n) is 79.2. The van der Waals surface area contributed by atoms with Gasteiger partial charge in [-0.1, -0.05) is 87.9 Å². The molecule has 0 amide bonds. The number of hydrogen-bond donors (Lipinski definition) is 4. The maximum Gasteiger partial charge on any atom is 0.421 e. The Hall–Kier alpha value is -15.6. The average Bonchev–Trinajstić information content (AvgIpc) is 1.62. The van der Waals surface area contributed by atoms with E-state index in [1.54, 1.807) is 6.92 Å². The van der Waals surface area contributed by atoms with E-state index in [9.17, 15) is 4.79 Å². The highest BCUT2D eigenvalue weighted by molar-refractivity contribution is 6.30. The average molecular weight is 1910 g/mol. The van der Waals surface area contributed by atoms with Crippen LogP contribution < -0.4 is 76.8 Å². The first-order valence-electron chi connectivity index (χ1n) is 44.3. The number of carbonyl (C=O) groups is 1. The summed E-state index contributed by atoms with van der Waals surface area (Å²) in [5.74, 6) is 2.79. The molecule has 0 aliphatic rings. The molecule has 0 fully saturated rings. The highest BCUT2D eigenvalue weighted by Gasteiger charge is 2.23. The molecule has 0 unspecified atom stereocenters. The van der Waals surface area contributed by atoms with Crippen molar-refractivity contribution in [2.75, 3.05) is 27.9 Å². The first-order chi connectivity index (χ1) is 65.0. The van der Waals surface area contributed by atoms with Crippen LogP contribution >= 0.6 is 11.6 Å². The summed E-state index contributed by atoms with van der Waals surface area (Å²) in [5, 5.41) is 49.2. The molecule has 0 atom stereocenters. The van der Waals surface area contributed by atoms with Crippen molar-refractivity contribution in [1.82, 2.24) is 36.5 Å². The number of nitrogens with one attached hydrogen (secondary N) is 4. The summed E-state index contributed by atoms with van der Waals surface area (Å²) in [6, 6.07) is 98.1. The lowest BCUT2D eigenvalue weighted by Crippen LogP contribution is -3.00. The minimum atomic E-state index is -0.340. The fraction of sp³-hybridized carbons (Fsp3) is 0.168. The monoisotopic (exact) mass is 1900 g/mol. The zero-order valence-corrected chi connectivity index (χ0v) is 82.2. The number of anilines is 8. The SMILES string of the molecule is CCCc1ccc(C)n1-c1ccc(Nc2ccc(N=Nc3n(C)cc[n+]3C)cc2)cc1.CCOC(=O)c1cc(-c2ccc(Cl)cc2)n(-c2ccc(Nc3ccc(N=Nc4n(C)cc[n+]4C)cc3)cc2)c1C.Cc1ccc(-c2ccccc2)n1-c1ccc(Nc2ccc(N=Nc3n(C)cc[n+]3C)cc2)cc1.Cc1ccc(C)n1-c1ccc(Nc2ccc(N=Nc3n(C)cc[n+]3C)cc2)cc1.[Cl-].[Cl-].[Cl-]. The molecule has 0 saturated carbocycles. The van der Waals surface area contributed by atoms with Gasteiger partial charge in [0, 0.05) is 128 Å². The molecule has 137 heavy (non-hydrogen) atoms. The van der Waals surface area contributed by atoms with Gasteiger partial charge in [-0.15, -0.1) is 0 Å². The molecule has 0 radical (unpaired) electrons. The third-order valence-corrected chi connectivity index (χ3v) is 22.9. The summed E-state index contributed by atoms with van der Waals surface area (Å²) in [6.45, 7) is 14.8. The number of halogens is 4. The fourth-order valence-electron chi connectivity index (χ4n) is 15.6. The van der Waals surface area contributed by atoms with Crippen molar-refractivity contribution in [1.29, 1.82) is 0 Å². The normalized spacial score (nSPS) is 11.0. The first kappa shape index (κ1) is 100. The van der Waals surface area contributed by atoms with E-state index >= 15 is 0 Å². The highest BCUT2D eigenvalue weighted by atomic mass is 35.5. The third-order valence-electron chi connectivity index (χ3n) is 22.7. The standard InChI is InChI=1S/C31H29ClN6O2.C28H26N6.C25H28N6.C23H24N6.3ClH/c1-5-40-30(39)28-20-29(22-6-8-23(32)9-7-22)38(21(28)2)27-16-14-25(15-17-27)33-24-10-12-26(13-11-24)34-35-31-36(3)18-19-37(31)4;1-21-9-18-27(22-7-5-4-6-8-22)34(21)26-16-14-24(15-17-26)29-23-10-12-25(13-11-23)30-31-28-32(2)19-20-33(28)3;1-5-6-23-14-7-19(2)31(23)24-15-12-21(13-16-24)26-20-8-10-22(11-9-20)27-28-25-29(3)17-18-30(25)4;1-17-5-6-18(2)29(17)22-13-11-20(12-14-22)24-19-7-9-21(10-8-19)25-26-23-27(3)15-16-28(23)4;;;/h6-20H,5H2,1-4H3;4-20H,1-3H3;7-18H,5-6H2,1-4H3;5-16H,1-4H3;3*1H/p+1. The van der Waals surface area contributed by atoms with Crippen LogP contribution in [-0.2, 0) is 67.5 Å². The number of nitrogens with zero attached hydrogens (tertiary/aromatic N) is 20. The minimum absolute atomic E-state index is 0. The first-order valence-corrected chi connectivity index (χ1v) is 44.7. The maximum absolute atomic E-state index is 12.7. The number of aryl methyl sites for hydroxylation is 13. The van der Waals surface area contributed by atoms with Gasteiger partial charge in [-0.2, -0.15) is 0 Å². The molecule has 0 aliphatic heterocycles. The Morgan fingerprint density at radius 3 is 0.949 bits per heavy atom. The Balaban J connectivity index is 0.000000164. The topological polar surface area (TPSA) is 228 Å². The van der Waals surface area contributed by atoms with Crippen molar-refractivity contribution < 1.29 is 65.0 Å². The van der Waals surface area contributed by atoms with E-state index in [4.69, 9.17) is 16.3 Å². The second-order valence-electron chi connectivity index (χ2n) is 32.6. The molecule has 0 bridgehead atoms. The molecule has 0 aliphatic carbocycles. The van der Waals surface area contributed by atoms with E-state index in [1.165, 1.54) is 51.1 Å². The summed E-state index contributed by atoms with van der Waals surface area (Å²) in [4.78, 5) is 12.7. The van der Waals surface area contributed by atoms with Gasteiger partial charge in [0.1, 0.15) is 22.7 Å². The second kappa shape index (κ2) is 46.8. The molecule has 26 nitrogen and oxygen atoms in total. The van der Waals surface area contributed by atoms with Gasteiger partial charge in [0.25, 0.3) is 0 Å². The molecule has 8 aromatic heterocycles. The lowest BCUT2D eigenvalue weighted by atomic mass is 10.1. The number of ether oxygens (including phenoxy) is 1. The largest absolute Gasteiger partial charge is 1.00 e. The lowest BCUT2D eigenvalue weighted by molar-refractivity contribution is -0.657. The van der Waals surface area contributed by atoms with Crippen molar-refractivity contribution in [2.45, 2.75) is 61.3 Å². The number of azo groups is 4. The van der Waals surface area contributed by atoms with E-state index in [-0.39, 0.29) is 43.2 Å². The molecular weight excluding hydrogens is 1800 g/mol. The van der Waals surface area contributed by atoms with Crippen molar-refractivity contribution >= 4 is 110 Å². The lowest BCUT2D eigenvalue weighted by Gasteiger charge is -2.14. The number of carbonyl (C=O) groups excluding carboxylic acids is 1. The Morgan fingerprint density at radius 2 is 0.620 bits per heavy atom. The van der Waals surface area contributed by atoms with Crippen molar-refractivity contribution in [3.63, 3.8) is 0 Å².